The Hall–Kier alpha value is -1.72. The molecule has 2 aromatic heterocycles. The molecule has 3 aromatic rings. The highest BCUT2D eigenvalue weighted by atomic mass is 32.1. The molecule has 0 aliphatic carbocycles. The number of aryl methyl sites for hydroxylation is 1. The van der Waals surface area contributed by atoms with Crippen LogP contribution in [0.15, 0.2) is 30.6 Å². The molecule has 0 amide bonds. The Balaban J connectivity index is 1.91. The molecule has 3 heterocycles. The standard InChI is InChI=1S/C14H14N4S/c1-9-4-2-3-5-10(9)12-13-11(6-7-15-12)18-14(19-13)16-8-17-18/h2-5,8,12,15H,6-7H2,1H3. The number of nitrogens with one attached hydrogen (secondary N) is 1. The average molecular weight is 270 g/mol. The van der Waals surface area contributed by atoms with Gasteiger partial charge in [0, 0.05) is 13.0 Å². The van der Waals surface area contributed by atoms with Gasteiger partial charge in [0.25, 0.3) is 0 Å². The molecule has 4 rings (SSSR count). The zero-order valence-corrected chi connectivity index (χ0v) is 11.4. The molecule has 0 spiro atoms. The highest BCUT2D eigenvalue weighted by molar-refractivity contribution is 7.17. The molecule has 0 saturated carbocycles. The summed E-state index contributed by atoms with van der Waals surface area (Å²) in [5.41, 5.74) is 3.99. The van der Waals surface area contributed by atoms with Crippen LogP contribution in [-0.4, -0.2) is 21.1 Å². The van der Waals surface area contributed by atoms with E-state index in [-0.39, 0.29) is 6.04 Å². The quantitative estimate of drug-likeness (QED) is 0.738. The molecule has 0 radical (unpaired) electrons. The average Bonchev–Trinajstić information content (AvgIpc) is 2.99. The lowest BCUT2D eigenvalue weighted by Gasteiger charge is -2.25. The van der Waals surface area contributed by atoms with Gasteiger partial charge in [0.05, 0.1) is 16.6 Å². The summed E-state index contributed by atoms with van der Waals surface area (Å²) in [6, 6.07) is 8.85. The molecule has 1 N–H and O–H groups in total. The minimum absolute atomic E-state index is 0.276. The van der Waals surface area contributed by atoms with Crippen LogP contribution >= 0.6 is 11.3 Å². The molecule has 0 saturated heterocycles. The van der Waals surface area contributed by atoms with Gasteiger partial charge in [-0.2, -0.15) is 5.10 Å². The summed E-state index contributed by atoms with van der Waals surface area (Å²) in [6.45, 7) is 3.15. The zero-order valence-electron chi connectivity index (χ0n) is 10.6. The molecular formula is C14H14N4S. The second-order valence-corrected chi connectivity index (χ2v) is 5.87. The smallest absolute Gasteiger partial charge is 0.212 e. The minimum atomic E-state index is 0.276. The summed E-state index contributed by atoms with van der Waals surface area (Å²) in [5, 5.41) is 7.96. The van der Waals surface area contributed by atoms with Crippen LogP contribution in [0.4, 0.5) is 0 Å². The third kappa shape index (κ3) is 1.62. The molecule has 1 unspecified atom stereocenters. The molecule has 0 bridgehead atoms. The van der Waals surface area contributed by atoms with E-state index < -0.39 is 0 Å². The Bertz CT molecular complexity index is 743. The largest absolute Gasteiger partial charge is 0.305 e. The van der Waals surface area contributed by atoms with Crippen LogP contribution < -0.4 is 5.32 Å². The van der Waals surface area contributed by atoms with Crippen LogP contribution in [0.2, 0.25) is 0 Å². The number of hydrogen-bond donors (Lipinski definition) is 1. The number of fused-ring (bicyclic) bond motifs is 3. The molecule has 1 aliphatic rings. The van der Waals surface area contributed by atoms with E-state index in [4.69, 9.17) is 0 Å². The zero-order chi connectivity index (χ0) is 12.8. The predicted octanol–water partition coefficient (Wildman–Crippen LogP) is 2.33. The van der Waals surface area contributed by atoms with E-state index in [2.05, 4.69) is 46.6 Å². The molecule has 96 valence electrons. The summed E-state index contributed by atoms with van der Waals surface area (Å²) in [4.78, 5) is 6.67. The van der Waals surface area contributed by atoms with Crippen molar-refractivity contribution < 1.29 is 0 Å². The Morgan fingerprint density at radius 3 is 3.16 bits per heavy atom. The summed E-state index contributed by atoms with van der Waals surface area (Å²) in [5.74, 6) is 0. The van der Waals surface area contributed by atoms with Gasteiger partial charge in [-0.25, -0.2) is 9.50 Å². The van der Waals surface area contributed by atoms with Crippen molar-refractivity contribution >= 4 is 16.3 Å². The maximum absolute atomic E-state index is 4.33. The third-order valence-electron chi connectivity index (χ3n) is 3.73. The van der Waals surface area contributed by atoms with Gasteiger partial charge < -0.3 is 5.32 Å². The SMILES string of the molecule is Cc1ccccc1C1NCCc2c1sc1ncnn21. The van der Waals surface area contributed by atoms with Gasteiger partial charge in [-0.1, -0.05) is 35.6 Å². The van der Waals surface area contributed by atoms with E-state index in [0.717, 1.165) is 17.9 Å². The fraction of sp³-hybridized carbons (Fsp3) is 0.286. The fourth-order valence-corrected chi connectivity index (χ4v) is 3.97. The van der Waals surface area contributed by atoms with Gasteiger partial charge in [0.2, 0.25) is 4.96 Å². The lowest BCUT2D eigenvalue weighted by molar-refractivity contribution is 0.560. The molecule has 1 atom stereocenters. The topological polar surface area (TPSA) is 42.2 Å². The van der Waals surface area contributed by atoms with E-state index in [0.29, 0.717) is 0 Å². The van der Waals surface area contributed by atoms with Gasteiger partial charge >= 0.3 is 0 Å². The highest BCUT2D eigenvalue weighted by Gasteiger charge is 2.27. The van der Waals surface area contributed by atoms with Crippen molar-refractivity contribution in [3.05, 3.63) is 52.3 Å². The van der Waals surface area contributed by atoms with Crippen molar-refractivity contribution in [1.29, 1.82) is 0 Å². The van der Waals surface area contributed by atoms with Gasteiger partial charge in [-0.3, -0.25) is 0 Å². The maximum atomic E-state index is 4.33. The Kier molecular flexibility index (Phi) is 2.43. The first-order valence-electron chi connectivity index (χ1n) is 6.45. The Morgan fingerprint density at radius 2 is 2.26 bits per heavy atom. The van der Waals surface area contributed by atoms with E-state index in [9.17, 15) is 0 Å². The fourth-order valence-electron chi connectivity index (χ4n) is 2.79. The molecule has 5 heteroatoms. The lowest BCUT2D eigenvalue weighted by Crippen LogP contribution is -2.30. The van der Waals surface area contributed by atoms with Crippen molar-refractivity contribution in [1.82, 2.24) is 19.9 Å². The summed E-state index contributed by atoms with van der Waals surface area (Å²) in [6.07, 6.45) is 2.65. The summed E-state index contributed by atoms with van der Waals surface area (Å²) < 4.78 is 1.99. The molecule has 0 fully saturated rings. The Labute approximate surface area is 115 Å². The van der Waals surface area contributed by atoms with Gasteiger partial charge in [0.1, 0.15) is 6.33 Å². The van der Waals surface area contributed by atoms with E-state index in [1.54, 1.807) is 17.7 Å². The number of hydrogen-bond acceptors (Lipinski definition) is 4. The summed E-state index contributed by atoms with van der Waals surface area (Å²) in [7, 11) is 0. The number of aromatic nitrogens is 3. The minimum Gasteiger partial charge on any atom is -0.305 e. The van der Waals surface area contributed by atoms with Crippen molar-refractivity contribution in [2.45, 2.75) is 19.4 Å². The van der Waals surface area contributed by atoms with Crippen LogP contribution in [-0.2, 0) is 6.42 Å². The second-order valence-electron chi connectivity index (χ2n) is 4.86. The molecular weight excluding hydrogens is 256 g/mol. The van der Waals surface area contributed by atoms with Crippen LogP contribution in [0.1, 0.15) is 27.7 Å². The van der Waals surface area contributed by atoms with Crippen LogP contribution in [0.5, 0.6) is 0 Å². The van der Waals surface area contributed by atoms with Crippen molar-refractivity contribution in [2.75, 3.05) is 6.54 Å². The van der Waals surface area contributed by atoms with Gasteiger partial charge in [-0.05, 0) is 18.1 Å². The monoisotopic (exact) mass is 270 g/mol. The van der Waals surface area contributed by atoms with E-state index in [1.165, 1.54) is 21.7 Å². The lowest BCUT2D eigenvalue weighted by atomic mass is 9.96. The van der Waals surface area contributed by atoms with Gasteiger partial charge in [-0.15, -0.1) is 0 Å². The van der Waals surface area contributed by atoms with Gasteiger partial charge in [0.15, 0.2) is 0 Å². The van der Waals surface area contributed by atoms with Crippen LogP contribution in [0.25, 0.3) is 4.96 Å². The predicted molar refractivity (Wildman–Crippen MR) is 75.6 cm³/mol. The first-order chi connectivity index (χ1) is 9.34. The first kappa shape index (κ1) is 11.1. The highest BCUT2D eigenvalue weighted by Crippen LogP contribution is 2.35. The maximum Gasteiger partial charge on any atom is 0.212 e. The third-order valence-corrected chi connectivity index (χ3v) is 4.88. The van der Waals surface area contributed by atoms with Crippen LogP contribution in [0, 0.1) is 6.92 Å². The number of rotatable bonds is 1. The van der Waals surface area contributed by atoms with Crippen molar-refractivity contribution in [2.24, 2.45) is 0 Å². The second kappa shape index (κ2) is 4.15. The van der Waals surface area contributed by atoms with Crippen LogP contribution in [0.3, 0.4) is 0 Å². The first-order valence-corrected chi connectivity index (χ1v) is 7.26. The molecule has 19 heavy (non-hydrogen) atoms. The molecule has 1 aromatic carbocycles. The number of nitrogens with zero attached hydrogens (tertiary/aromatic N) is 3. The summed E-state index contributed by atoms with van der Waals surface area (Å²) >= 11 is 1.74. The Morgan fingerprint density at radius 1 is 1.37 bits per heavy atom. The normalized spacial score (nSPS) is 18.7. The van der Waals surface area contributed by atoms with Crippen molar-refractivity contribution in [3.63, 3.8) is 0 Å². The number of thiazole rings is 1. The molecule has 4 nitrogen and oxygen atoms in total. The number of benzene rings is 1. The molecule has 1 aliphatic heterocycles. The van der Waals surface area contributed by atoms with E-state index >= 15 is 0 Å². The van der Waals surface area contributed by atoms with E-state index in [1.807, 2.05) is 4.52 Å². The van der Waals surface area contributed by atoms with Crippen molar-refractivity contribution in [3.8, 4) is 0 Å².